The van der Waals surface area contributed by atoms with Crippen LogP contribution in [0.5, 0.6) is 5.88 Å². The number of fused-ring (bicyclic) bond motifs is 1. The van der Waals surface area contributed by atoms with Gasteiger partial charge in [0.2, 0.25) is 5.88 Å². The third kappa shape index (κ3) is 5.63. The number of ether oxygens (including phenoxy) is 2. The van der Waals surface area contributed by atoms with Crippen LogP contribution < -0.4 is 4.74 Å². The van der Waals surface area contributed by atoms with Gasteiger partial charge < -0.3 is 14.0 Å². The quantitative estimate of drug-likeness (QED) is 0.335. The summed E-state index contributed by atoms with van der Waals surface area (Å²) in [6.07, 6.45) is 7.14. The lowest BCUT2D eigenvalue weighted by atomic mass is 10.1. The smallest absolute Gasteiger partial charge is 0.216 e. The molecule has 1 unspecified atom stereocenters. The zero-order valence-electron chi connectivity index (χ0n) is 21.0. The van der Waals surface area contributed by atoms with E-state index in [1.807, 2.05) is 36.4 Å². The highest BCUT2D eigenvalue weighted by molar-refractivity contribution is 6.30. The zero-order chi connectivity index (χ0) is 25.9. The first-order valence-electron chi connectivity index (χ1n) is 13.0. The molecule has 0 spiro atoms. The van der Waals surface area contributed by atoms with Crippen LogP contribution in [0.3, 0.4) is 0 Å². The molecule has 6 rings (SSSR count). The summed E-state index contributed by atoms with van der Waals surface area (Å²) in [5.74, 6) is 2.30. The van der Waals surface area contributed by atoms with Gasteiger partial charge in [0.05, 0.1) is 24.8 Å². The number of aromatic nitrogens is 5. The number of piperidine rings is 1. The van der Waals surface area contributed by atoms with Gasteiger partial charge in [0.25, 0.3) is 0 Å². The van der Waals surface area contributed by atoms with Crippen LogP contribution in [-0.2, 0) is 24.2 Å². The molecular formula is C28H28ClN7O2. The number of nitriles is 1. The molecule has 0 saturated carbocycles. The Morgan fingerprint density at radius 3 is 2.63 bits per heavy atom. The summed E-state index contributed by atoms with van der Waals surface area (Å²) in [5, 5.41) is 9.99. The zero-order valence-corrected chi connectivity index (χ0v) is 21.7. The number of benzene rings is 1. The van der Waals surface area contributed by atoms with E-state index in [-0.39, 0.29) is 12.2 Å². The Balaban J connectivity index is 1.08. The molecule has 0 bridgehead atoms. The molecule has 38 heavy (non-hydrogen) atoms. The summed E-state index contributed by atoms with van der Waals surface area (Å²) in [5.41, 5.74) is 3.20. The Labute approximate surface area is 226 Å². The molecule has 3 aromatic heterocycles. The maximum Gasteiger partial charge on any atom is 0.216 e. The molecule has 2 fully saturated rings. The van der Waals surface area contributed by atoms with E-state index in [1.165, 1.54) is 0 Å². The molecule has 2 aliphatic rings. The summed E-state index contributed by atoms with van der Waals surface area (Å²) in [4.78, 5) is 20.8. The number of pyridine rings is 1. The van der Waals surface area contributed by atoms with E-state index in [2.05, 4.69) is 30.5 Å². The Morgan fingerprint density at radius 2 is 1.89 bits per heavy atom. The van der Waals surface area contributed by atoms with Gasteiger partial charge in [-0.1, -0.05) is 23.7 Å². The van der Waals surface area contributed by atoms with Gasteiger partial charge in [-0.05, 0) is 43.0 Å². The van der Waals surface area contributed by atoms with Gasteiger partial charge in [0.15, 0.2) is 5.65 Å². The lowest BCUT2D eigenvalue weighted by molar-refractivity contribution is -0.0593. The summed E-state index contributed by atoms with van der Waals surface area (Å²) < 4.78 is 14.1. The largest absolute Gasteiger partial charge is 0.474 e. The van der Waals surface area contributed by atoms with Crippen LogP contribution in [0.4, 0.5) is 0 Å². The van der Waals surface area contributed by atoms with Crippen molar-refractivity contribution in [3.05, 3.63) is 76.6 Å². The second-order valence-corrected chi connectivity index (χ2v) is 10.2. The molecule has 0 N–H and O–H groups in total. The minimum Gasteiger partial charge on any atom is -0.474 e. The molecule has 10 heteroatoms. The topological polar surface area (TPSA) is 102 Å². The molecule has 5 heterocycles. The maximum atomic E-state index is 9.27. The molecule has 1 aromatic carbocycles. The lowest BCUT2D eigenvalue weighted by Crippen LogP contribution is -2.39. The van der Waals surface area contributed by atoms with Gasteiger partial charge in [0, 0.05) is 49.6 Å². The van der Waals surface area contributed by atoms with Crippen molar-refractivity contribution in [2.75, 3.05) is 19.7 Å². The normalized spacial score (nSPS) is 18.3. The van der Waals surface area contributed by atoms with Crippen molar-refractivity contribution in [2.24, 2.45) is 0 Å². The van der Waals surface area contributed by atoms with Crippen LogP contribution >= 0.6 is 11.6 Å². The average molecular weight is 530 g/mol. The van der Waals surface area contributed by atoms with Gasteiger partial charge >= 0.3 is 0 Å². The minimum absolute atomic E-state index is 0.103. The third-order valence-electron chi connectivity index (χ3n) is 7.12. The predicted octanol–water partition coefficient (Wildman–Crippen LogP) is 4.17. The molecule has 2 aliphatic heterocycles. The number of hydrogen-bond acceptors (Lipinski definition) is 8. The number of likely N-dealkylation sites (tertiary alicyclic amines) is 1. The predicted molar refractivity (Wildman–Crippen MR) is 142 cm³/mol. The van der Waals surface area contributed by atoms with Crippen molar-refractivity contribution in [1.29, 1.82) is 5.26 Å². The highest BCUT2D eigenvalue weighted by atomic mass is 35.5. The van der Waals surface area contributed by atoms with Gasteiger partial charge in [-0.3, -0.25) is 4.90 Å². The fraction of sp³-hybridized carbons (Fsp3) is 0.393. The molecule has 9 nitrogen and oxygen atoms in total. The third-order valence-corrected chi connectivity index (χ3v) is 7.37. The highest BCUT2D eigenvalue weighted by Gasteiger charge is 2.26. The summed E-state index contributed by atoms with van der Waals surface area (Å²) >= 11 is 5.99. The van der Waals surface area contributed by atoms with E-state index < -0.39 is 0 Å². The number of halogens is 1. The summed E-state index contributed by atoms with van der Waals surface area (Å²) in [6.45, 7) is 4.05. The van der Waals surface area contributed by atoms with Crippen LogP contribution in [0.25, 0.3) is 11.2 Å². The van der Waals surface area contributed by atoms with E-state index in [1.54, 1.807) is 12.4 Å². The van der Waals surface area contributed by atoms with E-state index >= 15 is 0 Å². The second kappa shape index (κ2) is 11.0. The van der Waals surface area contributed by atoms with Crippen LogP contribution in [0.1, 0.15) is 42.0 Å². The van der Waals surface area contributed by atoms with Crippen molar-refractivity contribution < 1.29 is 9.47 Å². The van der Waals surface area contributed by atoms with Gasteiger partial charge in [-0.15, -0.1) is 0 Å². The van der Waals surface area contributed by atoms with Crippen LogP contribution in [0.15, 0.2) is 48.8 Å². The molecule has 1 atom stereocenters. The first kappa shape index (κ1) is 24.7. The molecule has 0 amide bonds. The molecule has 0 radical (unpaired) electrons. The Morgan fingerprint density at radius 1 is 1.08 bits per heavy atom. The summed E-state index contributed by atoms with van der Waals surface area (Å²) in [6, 6.07) is 13.5. The van der Waals surface area contributed by atoms with Crippen molar-refractivity contribution in [3.8, 4) is 11.9 Å². The first-order chi connectivity index (χ1) is 18.6. The molecular weight excluding hydrogens is 502 g/mol. The second-order valence-electron chi connectivity index (χ2n) is 9.81. The summed E-state index contributed by atoms with van der Waals surface area (Å²) in [7, 11) is 0. The van der Waals surface area contributed by atoms with Crippen molar-refractivity contribution in [2.45, 2.75) is 51.0 Å². The van der Waals surface area contributed by atoms with Gasteiger partial charge in [0.1, 0.15) is 29.3 Å². The SMILES string of the molecule is N#Cc1cnc2c(c1)nc(CN1CCC(Oc3ccnc(Cc4ccc(Cl)cc4)n3)CC1)n2CC1CCO1. The van der Waals surface area contributed by atoms with Crippen molar-refractivity contribution in [1.82, 2.24) is 29.4 Å². The Bertz CT molecular complexity index is 1450. The van der Waals surface area contributed by atoms with E-state index in [9.17, 15) is 5.26 Å². The van der Waals surface area contributed by atoms with Crippen molar-refractivity contribution >= 4 is 22.8 Å². The number of rotatable bonds is 8. The van der Waals surface area contributed by atoms with Crippen LogP contribution in [-0.4, -0.2) is 61.3 Å². The number of imidazole rings is 1. The van der Waals surface area contributed by atoms with Crippen molar-refractivity contribution in [3.63, 3.8) is 0 Å². The van der Waals surface area contributed by atoms with Gasteiger partial charge in [-0.2, -0.15) is 10.2 Å². The lowest BCUT2D eigenvalue weighted by Gasteiger charge is -2.32. The molecule has 2 saturated heterocycles. The molecule has 194 valence electrons. The monoisotopic (exact) mass is 529 g/mol. The fourth-order valence-corrected chi connectivity index (χ4v) is 5.06. The number of nitrogens with zero attached hydrogens (tertiary/aromatic N) is 7. The molecule has 4 aromatic rings. The minimum atomic E-state index is 0.103. The van der Waals surface area contributed by atoms with E-state index in [0.29, 0.717) is 22.9 Å². The Hall–Kier alpha value is -3.58. The van der Waals surface area contributed by atoms with Crippen LogP contribution in [0.2, 0.25) is 5.02 Å². The Kier molecular flexibility index (Phi) is 7.18. The first-order valence-corrected chi connectivity index (χ1v) is 13.3. The van der Waals surface area contributed by atoms with E-state index in [0.717, 1.165) is 80.4 Å². The fourth-order valence-electron chi connectivity index (χ4n) is 4.94. The molecule has 0 aliphatic carbocycles. The highest BCUT2D eigenvalue weighted by Crippen LogP contribution is 2.24. The number of hydrogen-bond donors (Lipinski definition) is 0. The average Bonchev–Trinajstić information content (AvgIpc) is 3.24. The standard InChI is InChI=1S/C28H28ClN7O2/c29-21-3-1-19(2-4-21)14-25-31-9-5-27(34-25)38-22-6-10-35(11-7-22)18-26-33-24-13-20(15-30)16-32-28(24)36(26)17-23-8-12-37-23/h1-5,9,13,16,22-23H,6-8,10-12,14,17-18H2. The van der Waals surface area contributed by atoms with E-state index in [4.69, 9.17) is 26.1 Å². The van der Waals surface area contributed by atoms with Crippen LogP contribution in [0, 0.1) is 11.3 Å². The maximum absolute atomic E-state index is 9.27. The van der Waals surface area contributed by atoms with Gasteiger partial charge in [-0.25, -0.2) is 15.0 Å².